The lowest BCUT2D eigenvalue weighted by Gasteiger charge is -2.06. The van der Waals surface area contributed by atoms with Gasteiger partial charge in [0.1, 0.15) is 11.5 Å². The summed E-state index contributed by atoms with van der Waals surface area (Å²) in [6, 6.07) is 7.76. The first kappa shape index (κ1) is 11.7. The highest BCUT2D eigenvalue weighted by Crippen LogP contribution is 2.26. The summed E-state index contributed by atoms with van der Waals surface area (Å²) in [4.78, 5) is 1.19. The standard InChI is InChI=1S/C12H14ClNOS/c1-2-8-3-5-11(15-8)10(14)7-9-4-6-12(13)16-9/h3-6,10H,2,7,14H2,1H3. The van der Waals surface area contributed by atoms with Crippen molar-refractivity contribution in [1.82, 2.24) is 0 Å². The van der Waals surface area contributed by atoms with Crippen molar-refractivity contribution < 1.29 is 4.42 Å². The summed E-state index contributed by atoms with van der Waals surface area (Å²) >= 11 is 7.44. The lowest BCUT2D eigenvalue weighted by molar-refractivity contribution is 0.435. The molecule has 2 N–H and O–H groups in total. The van der Waals surface area contributed by atoms with E-state index in [1.807, 2.05) is 24.3 Å². The molecule has 4 heteroatoms. The topological polar surface area (TPSA) is 39.2 Å². The van der Waals surface area contributed by atoms with Crippen molar-refractivity contribution in [3.63, 3.8) is 0 Å². The molecule has 0 saturated heterocycles. The zero-order valence-corrected chi connectivity index (χ0v) is 10.6. The third kappa shape index (κ3) is 2.67. The molecule has 1 unspecified atom stereocenters. The predicted molar refractivity (Wildman–Crippen MR) is 68.0 cm³/mol. The highest BCUT2D eigenvalue weighted by atomic mass is 35.5. The highest BCUT2D eigenvalue weighted by Gasteiger charge is 2.12. The highest BCUT2D eigenvalue weighted by molar-refractivity contribution is 7.16. The fourth-order valence-electron chi connectivity index (χ4n) is 1.56. The second-order valence-electron chi connectivity index (χ2n) is 3.67. The van der Waals surface area contributed by atoms with Gasteiger partial charge in [-0.3, -0.25) is 0 Å². The molecule has 0 aliphatic rings. The van der Waals surface area contributed by atoms with Crippen LogP contribution in [0.2, 0.25) is 4.34 Å². The Labute approximate surface area is 104 Å². The lowest BCUT2D eigenvalue weighted by Crippen LogP contribution is -2.11. The van der Waals surface area contributed by atoms with E-state index in [-0.39, 0.29) is 6.04 Å². The average Bonchev–Trinajstić information content (AvgIpc) is 2.87. The SMILES string of the molecule is CCc1ccc(C(N)Cc2ccc(Cl)s2)o1. The molecule has 0 radical (unpaired) electrons. The summed E-state index contributed by atoms with van der Waals surface area (Å²) in [5.74, 6) is 1.83. The van der Waals surface area contributed by atoms with Gasteiger partial charge < -0.3 is 10.2 Å². The fourth-order valence-corrected chi connectivity index (χ4v) is 2.71. The number of hydrogen-bond donors (Lipinski definition) is 1. The minimum Gasteiger partial charge on any atom is -0.464 e. The number of furan rings is 1. The molecule has 2 nitrogen and oxygen atoms in total. The van der Waals surface area contributed by atoms with Crippen LogP contribution in [0.25, 0.3) is 0 Å². The first-order valence-corrected chi connectivity index (χ1v) is 6.47. The molecule has 2 heterocycles. The first-order valence-electron chi connectivity index (χ1n) is 5.27. The number of aryl methyl sites for hydroxylation is 1. The average molecular weight is 256 g/mol. The minimum atomic E-state index is -0.0879. The molecule has 0 bridgehead atoms. The van der Waals surface area contributed by atoms with Gasteiger partial charge in [-0.1, -0.05) is 18.5 Å². The summed E-state index contributed by atoms with van der Waals surface area (Å²) in [6.45, 7) is 2.06. The summed E-state index contributed by atoms with van der Waals surface area (Å²) in [6.07, 6.45) is 1.67. The van der Waals surface area contributed by atoms with Gasteiger partial charge in [-0.15, -0.1) is 11.3 Å². The molecule has 86 valence electrons. The van der Waals surface area contributed by atoms with Crippen LogP contribution in [0.5, 0.6) is 0 Å². The van der Waals surface area contributed by atoms with Gasteiger partial charge in [0.05, 0.1) is 10.4 Å². The summed E-state index contributed by atoms with van der Waals surface area (Å²) in [5.41, 5.74) is 6.07. The van der Waals surface area contributed by atoms with Crippen LogP contribution in [-0.4, -0.2) is 0 Å². The molecular weight excluding hydrogens is 242 g/mol. The molecule has 1 atom stereocenters. The van der Waals surface area contributed by atoms with E-state index < -0.39 is 0 Å². The van der Waals surface area contributed by atoms with Gasteiger partial charge in [0.25, 0.3) is 0 Å². The number of thiophene rings is 1. The number of rotatable bonds is 4. The number of hydrogen-bond acceptors (Lipinski definition) is 3. The van der Waals surface area contributed by atoms with E-state index in [9.17, 15) is 0 Å². The number of halogens is 1. The van der Waals surface area contributed by atoms with E-state index in [4.69, 9.17) is 21.8 Å². The third-order valence-corrected chi connectivity index (χ3v) is 3.70. The van der Waals surface area contributed by atoms with Crippen LogP contribution in [0.3, 0.4) is 0 Å². The van der Waals surface area contributed by atoms with Crippen molar-refractivity contribution in [2.75, 3.05) is 0 Å². The van der Waals surface area contributed by atoms with E-state index in [1.165, 1.54) is 4.88 Å². The largest absolute Gasteiger partial charge is 0.464 e. The normalized spacial score (nSPS) is 12.9. The maximum absolute atomic E-state index is 6.07. The molecule has 2 aromatic rings. The molecule has 2 rings (SSSR count). The minimum absolute atomic E-state index is 0.0879. The second-order valence-corrected chi connectivity index (χ2v) is 5.47. The van der Waals surface area contributed by atoms with Gasteiger partial charge in [0.2, 0.25) is 0 Å². The quantitative estimate of drug-likeness (QED) is 0.903. The van der Waals surface area contributed by atoms with Gasteiger partial charge in [0, 0.05) is 17.7 Å². The molecule has 16 heavy (non-hydrogen) atoms. The maximum Gasteiger partial charge on any atom is 0.121 e. The molecule has 0 aliphatic carbocycles. The molecule has 0 fully saturated rings. The molecule has 2 aromatic heterocycles. The molecule has 0 spiro atoms. The maximum atomic E-state index is 6.07. The molecule has 0 amide bonds. The molecule has 0 saturated carbocycles. The fraction of sp³-hybridized carbons (Fsp3) is 0.333. The third-order valence-electron chi connectivity index (χ3n) is 2.45. The number of nitrogens with two attached hydrogens (primary N) is 1. The Morgan fingerprint density at radius 3 is 2.75 bits per heavy atom. The van der Waals surface area contributed by atoms with Gasteiger partial charge in [0.15, 0.2) is 0 Å². The Hall–Kier alpha value is -0.770. The smallest absolute Gasteiger partial charge is 0.121 e. The first-order chi connectivity index (χ1) is 7.69. The Balaban J connectivity index is 2.05. The summed E-state index contributed by atoms with van der Waals surface area (Å²) in [5, 5.41) is 0. The van der Waals surface area contributed by atoms with Crippen LogP contribution in [0.15, 0.2) is 28.7 Å². The van der Waals surface area contributed by atoms with Crippen molar-refractivity contribution in [1.29, 1.82) is 0 Å². The predicted octanol–water partition coefficient (Wildman–Crippen LogP) is 3.80. The van der Waals surface area contributed by atoms with Gasteiger partial charge >= 0.3 is 0 Å². The van der Waals surface area contributed by atoms with Crippen LogP contribution >= 0.6 is 22.9 Å². The molecule has 0 aliphatic heterocycles. The van der Waals surface area contributed by atoms with Crippen molar-refractivity contribution in [3.8, 4) is 0 Å². The van der Waals surface area contributed by atoms with E-state index in [2.05, 4.69) is 6.92 Å². The van der Waals surface area contributed by atoms with Crippen LogP contribution in [0.1, 0.15) is 29.4 Å². The van der Waals surface area contributed by atoms with E-state index in [0.29, 0.717) is 0 Å². The Morgan fingerprint density at radius 1 is 1.38 bits per heavy atom. The zero-order valence-electron chi connectivity index (χ0n) is 9.07. The zero-order chi connectivity index (χ0) is 11.5. The molecular formula is C12H14ClNOS. The Morgan fingerprint density at radius 2 is 2.19 bits per heavy atom. The van der Waals surface area contributed by atoms with Crippen LogP contribution < -0.4 is 5.73 Å². The van der Waals surface area contributed by atoms with Crippen molar-refractivity contribution >= 4 is 22.9 Å². The van der Waals surface area contributed by atoms with Crippen molar-refractivity contribution in [2.24, 2.45) is 5.73 Å². The monoisotopic (exact) mass is 255 g/mol. The van der Waals surface area contributed by atoms with Crippen molar-refractivity contribution in [2.45, 2.75) is 25.8 Å². The Bertz CT molecular complexity index is 463. The molecule has 0 aromatic carbocycles. The van der Waals surface area contributed by atoms with Crippen LogP contribution in [-0.2, 0) is 12.8 Å². The van der Waals surface area contributed by atoms with Crippen molar-refractivity contribution in [3.05, 3.63) is 45.0 Å². The van der Waals surface area contributed by atoms with E-state index in [1.54, 1.807) is 11.3 Å². The van der Waals surface area contributed by atoms with E-state index in [0.717, 1.165) is 28.7 Å². The van der Waals surface area contributed by atoms with Gasteiger partial charge in [-0.2, -0.15) is 0 Å². The van der Waals surface area contributed by atoms with E-state index >= 15 is 0 Å². The second kappa shape index (κ2) is 5.04. The van der Waals surface area contributed by atoms with Crippen LogP contribution in [0, 0.1) is 0 Å². The summed E-state index contributed by atoms with van der Waals surface area (Å²) in [7, 11) is 0. The Kier molecular flexibility index (Phi) is 3.69. The lowest BCUT2D eigenvalue weighted by atomic mass is 10.1. The van der Waals surface area contributed by atoms with Crippen LogP contribution in [0.4, 0.5) is 0 Å². The van der Waals surface area contributed by atoms with Gasteiger partial charge in [-0.05, 0) is 24.3 Å². The summed E-state index contributed by atoms with van der Waals surface area (Å²) < 4.78 is 6.42. The van der Waals surface area contributed by atoms with Gasteiger partial charge in [-0.25, -0.2) is 0 Å².